The van der Waals surface area contributed by atoms with Gasteiger partial charge in [0.2, 0.25) is 10.0 Å². The average Bonchev–Trinajstić information content (AvgIpc) is 3.20. The van der Waals surface area contributed by atoms with Gasteiger partial charge in [-0.15, -0.1) is 0 Å². The zero-order valence-corrected chi connectivity index (χ0v) is 22.8. The van der Waals surface area contributed by atoms with Gasteiger partial charge in [0.25, 0.3) is 5.91 Å². The van der Waals surface area contributed by atoms with E-state index in [4.69, 9.17) is 16.3 Å². The van der Waals surface area contributed by atoms with Crippen LogP contribution in [0.5, 0.6) is 5.75 Å². The molecule has 0 saturated heterocycles. The van der Waals surface area contributed by atoms with Crippen LogP contribution in [0, 0.1) is 0 Å². The lowest BCUT2D eigenvalue weighted by atomic mass is 10.2. The Morgan fingerprint density at radius 3 is 2.47 bits per heavy atom. The predicted octanol–water partition coefficient (Wildman–Crippen LogP) is 5.51. The first kappa shape index (κ1) is 27.9. The van der Waals surface area contributed by atoms with Crippen LogP contribution >= 0.6 is 11.6 Å². The van der Waals surface area contributed by atoms with Gasteiger partial charge in [0.15, 0.2) is 5.65 Å². The second kappa shape index (κ2) is 13.1. The number of hydrogen-bond acceptors (Lipinski definition) is 6. The highest BCUT2D eigenvalue weighted by molar-refractivity contribution is 7.90. The van der Waals surface area contributed by atoms with E-state index in [9.17, 15) is 13.2 Å². The minimum absolute atomic E-state index is 0.0206. The van der Waals surface area contributed by atoms with Gasteiger partial charge in [-0.2, -0.15) is 0 Å². The van der Waals surface area contributed by atoms with Crippen LogP contribution in [-0.2, 0) is 23.0 Å². The molecule has 0 unspecified atom stereocenters. The number of halogens is 1. The summed E-state index contributed by atoms with van der Waals surface area (Å²) >= 11 is 6.57. The normalized spacial score (nSPS) is 11.7. The van der Waals surface area contributed by atoms with Crippen LogP contribution in [-0.4, -0.2) is 41.2 Å². The van der Waals surface area contributed by atoms with Crippen LogP contribution < -0.4 is 9.46 Å². The highest BCUT2D eigenvalue weighted by Crippen LogP contribution is 2.26. The van der Waals surface area contributed by atoms with Gasteiger partial charge in [0, 0.05) is 11.4 Å². The first-order valence-corrected chi connectivity index (χ1v) is 14.6. The molecule has 0 aliphatic rings. The number of sulfonamides is 1. The SMILES string of the molecule is CCCCCOc1ccc(Cn2c(CC)nc3ccc(C(=O)NS(=O)(=O)CCCCC)nc32)c(Cl)c1. The van der Waals surface area contributed by atoms with E-state index in [0.717, 1.165) is 49.2 Å². The zero-order valence-electron chi connectivity index (χ0n) is 21.2. The summed E-state index contributed by atoms with van der Waals surface area (Å²) in [5.74, 6) is 0.673. The van der Waals surface area contributed by atoms with Crippen LogP contribution in [0.3, 0.4) is 0 Å². The molecule has 0 aliphatic carbocycles. The maximum absolute atomic E-state index is 12.7. The quantitative estimate of drug-likeness (QED) is 0.273. The van der Waals surface area contributed by atoms with Gasteiger partial charge < -0.3 is 9.30 Å². The summed E-state index contributed by atoms with van der Waals surface area (Å²) in [6, 6.07) is 8.80. The lowest BCUT2D eigenvalue weighted by molar-refractivity contribution is 0.0977. The van der Waals surface area contributed by atoms with Crippen molar-refractivity contribution in [2.75, 3.05) is 12.4 Å². The summed E-state index contributed by atoms with van der Waals surface area (Å²) in [5, 5.41) is 0.568. The number of pyridine rings is 1. The van der Waals surface area contributed by atoms with Crippen LogP contribution in [0.25, 0.3) is 11.2 Å². The smallest absolute Gasteiger partial charge is 0.283 e. The Kier molecular flexibility index (Phi) is 10.1. The Labute approximate surface area is 218 Å². The Bertz CT molecular complexity index is 1290. The molecule has 0 aliphatic heterocycles. The third-order valence-electron chi connectivity index (χ3n) is 5.85. The minimum atomic E-state index is -3.72. The van der Waals surface area contributed by atoms with E-state index < -0.39 is 15.9 Å². The number of carbonyl (C=O) groups is 1. The van der Waals surface area contributed by atoms with E-state index in [2.05, 4.69) is 21.6 Å². The third kappa shape index (κ3) is 7.43. The minimum Gasteiger partial charge on any atom is -0.494 e. The van der Waals surface area contributed by atoms with Gasteiger partial charge in [-0.3, -0.25) is 4.79 Å². The van der Waals surface area contributed by atoms with Crippen molar-refractivity contribution < 1.29 is 17.9 Å². The van der Waals surface area contributed by atoms with Crippen molar-refractivity contribution in [3.8, 4) is 5.75 Å². The lowest BCUT2D eigenvalue weighted by Crippen LogP contribution is -2.33. The van der Waals surface area contributed by atoms with Crippen molar-refractivity contribution >= 4 is 38.7 Å². The highest BCUT2D eigenvalue weighted by Gasteiger charge is 2.19. The molecule has 0 bridgehead atoms. The van der Waals surface area contributed by atoms with E-state index in [1.165, 1.54) is 6.07 Å². The van der Waals surface area contributed by atoms with Gasteiger partial charge in [0.1, 0.15) is 22.8 Å². The second-order valence-corrected chi connectivity index (χ2v) is 11.0. The summed E-state index contributed by atoms with van der Waals surface area (Å²) in [6.07, 6.45) is 6.09. The topological polar surface area (TPSA) is 103 Å². The largest absolute Gasteiger partial charge is 0.494 e. The maximum atomic E-state index is 12.7. The third-order valence-corrected chi connectivity index (χ3v) is 7.53. The molecule has 1 N–H and O–H groups in total. The number of fused-ring (bicyclic) bond motifs is 1. The predicted molar refractivity (Wildman–Crippen MR) is 143 cm³/mol. The van der Waals surface area contributed by atoms with Gasteiger partial charge >= 0.3 is 0 Å². The second-order valence-electron chi connectivity index (χ2n) is 8.77. The summed E-state index contributed by atoms with van der Waals surface area (Å²) in [5.41, 5.74) is 2.01. The van der Waals surface area contributed by atoms with Crippen molar-refractivity contribution in [2.45, 2.75) is 72.3 Å². The van der Waals surface area contributed by atoms with Crippen LogP contribution in [0.1, 0.15) is 81.2 Å². The van der Waals surface area contributed by atoms with Crippen molar-refractivity contribution in [2.24, 2.45) is 0 Å². The molecule has 3 aromatic rings. The van der Waals surface area contributed by atoms with E-state index in [1.807, 2.05) is 36.6 Å². The molecule has 0 fully saturated rings. The van der Waals surface area contributed by atoms with Crippen LogP contribution in [0.2, 0.25) is 5.02 Å². The molecule has 3 rings (SSSR count). The fourth-order valence-electron chi connectivity index (χ4n) is 3.86. The molecule has 2 aromatic heterocycles. The number of rotatable bonds is 14. The molecule has 36 heavy (non-hydrogen) atoms. The summed E-state index contributed by atoms with van der Waals surface area (Å²) < 4.78 is 34.4. The van der Waals surface area contributed by atoms with Crippen LogP contribution in [0.4, 0.5) is 0 Å². The Balaban J connectivity index is 1.82. The molecule has 0 saturated carbocycles. The summed E-state index contributed by atoms with van der Waals surface area (Å²) in [7, 11) is -3.72. The number of hydrogen-bond donors (Lipinski definition) is 1. The van der Waals surface area contributed by atoms with Crippen molar-refractivity contribution in [1.29, 1.82) is 0 Å². The van der Waals surface area contributed by atoms with Gasteiger partial charge in [-0.05, 0) is 42.7 Å². The molecule has 0 spiro atoms. The monoisotopic (exact) mass is 534 g/mol. The first-order valence-electron chi connectivity index (χ1n) is 12.6. The van der Waals surface area contributed by atoms with Crippen molar-refractivity contribution in [3.05, 3.63) is 52.4 Å². The number of aryl methyl sites for hydroxylation is 1. The molecule has 196 valence electrons. The fraction of sp³-hybridized carbons (Fsp3) is 0.500. The highest BCUT2D eigenvalue weighted by atomic mass is 35.5. The molecular formula is C26H35ClN4O4S. The van der Waals surface area contributed by atoms with E-state index in [-0.39, 0.29) is 11.4 Å². The van der Waals surface area contributed by atoms with Gasteiger partial charge in [-0.25, -0.2) is 23.1 Å². The number of ether oxygens (including phenoxy) is 1. The Morgan fingerprint density at radius 1 is 1.03 bits per heavy atom. The first-order chi connectivity index (χ1) is 17.3. The van der Waals surface area contributed by atoms with Crippen molar-refractivity contribution in [3.63, 3.8) is 0 Å². The van der Waals surface area contributed by atoms with Gasteiger partial charge in [0.05, 0.1) is 18.9 Å². The van der Waals surface area contributed by atoms with E-state index >= 15 is 0 Å². The average molecular weight is 535 g/mol. The number of aromatic nitrogens is 3. The number of imidazole rings is 1. The number of nitrogens with zero attached hydrogens (tertiary/aromatic N) is 3. The Morgan fingerprint density at radius 2 is 1.78 bits per heavy atom. The maximum Gasteiger partial charge on any atom is 0.283 e. The Hall–Kier alpha value is -2.65. The standard InChI is InChI=1S/C26H35ClN4O4S/c1-4-7-9-15-35-20-12-11-19(21(27)17-20)18-31-24(6-3)28-22-13-14-23(29-25(22)31)26(32)30-36(33,34)16-10-8-5-2/h11-14,17H,4-10,15-16,18H2,1-3H3,(H,30,32). The van der Waals surface area contributed by atoms with E-state index in [0.29, 0.717) is 42.2 Å². The molecule has 1 aromatic carbocycles. The van der Waals surface area contributed by atoms with Crippen LogP contribution in [0.15, 0.2) is 30.3 Å². The van der Waals surface area contributed by atoms with Crippen molar-refractivity contribution in [1.82, 2.24) is 19.3 Å². The molecule has 2 heterocycles. The summed E-state index contributed by atoms with van der Waals surface area (Å²) in [6.45, 7) is 7.18. The number of carbonyl (C=O) groups excluding carboxylic acids is 1. The number of unbranched alkanes of at least 4 members (excludes halogenated alkanes) is 4. The molecule has 0 atom stereocenters. The summed E-state index contributed by atoms with van der Waals surface area (Å²) in [4.78, 5) is 21.8. The number of benzene rings is 1. The number of nitrogens with one attached hydrogen (secondary N) is 1. The molecular weight excluding hydrogens is 500 g/mol. The zero-order chi connectivity index (χ0) is 26.1. The molecule has 1 amide bonds. The molecule has 8 nitrogen and oxygen atoms in total. The number of amides is 1. The van der Waals surface area contributed by atoms with Gasteiger partial charge in [-0.1, -0.05) is 64.1 Å². The molecule has 10 heteroatoms. The van der Waals surface area contributed by atoms with E-state index in [1.54, 1.807) is 6.07 Å². The molecule has 0 radical (unpaired) electrons. The fourth-order valence-corrected chi connectivity index (χ4v) is 5.16. The lowest BCUT2D eigenvalue weighted by Gasteiger charge is -2.12.